The van der Waals surface area contributed by atoms with Gasteiger partial charge in [0.05, 0.1) is 30.3 Å². The summed E-state index contributed by atoms with van der Waals surface area (Å²) in [5, 5.41) is 7.15. The average molecular weight is 394 g/mol. The summed E-state index contributed by atoms with van der Waals surface area (Å²) in [5.74, 6) is -0.387. The molecule has 2 rings (SSSR count). The number of halogens is 1. The maximum Gasteiger partial charge on any atom is 0.305 e. The summed E-state index contributed by atoms with van der Waals surface area (Å²) in [6.45, 7) is 2.37. The molecule has 0 fully saturated rings. The number of methoxy groups -OCH3 is 1. The van der Waals surface area contributed by atoms with Gasteiger partial charge < -0.3 is 10.1 Å². The first kappa shape index (κ1) is 18.2. The van der Waals surface area contributed by atoms with E-state index in [0.717, 1.165) is 22.3 Å². The van der Waals surface area contributed by atoms with Gasteiger partial charge in [-0.25, -0.2) is 4.68 Å². The Kier molecular flexibility index (Phi) is 6.54. The molecule has 0 saturated heterocycles. The topological polar surface area (TPSA) is 73.2 Å². The molecule has 0 aliphatic heterocycles. The number of benzene rings is 1. The molecule has 1 amide bonds. The van der Waals surface area contributed by atoms with E-state index in [1.807, 2.05) is 31.2 Å². The van der Waals surface area contributed by atoms with Crippen LogP contribution in [0.25, 0.3) is 5.69 Å². The molecular weight excluding hydrogens is 374 g/mol. The van der Waals surface area contributed by atoms with Gasteiger partial charge in [0, 0.05) is 17.4 Å². The van der Waals surface area contributed by atoms with Gasteiger partial charge in [-0.05, 0) is 44.0 Å². The molecule has 1 N–H and O–H groups in total. The molecule has 1 aromatic carbocycles. The van der Waals surface area contributed by atoms with Crippen molar-refractivity contribution >= 4 is 27.8 Å². The lowest BCUT2D eigenvalue weighted by Gasteiger charge is -2.07. The van der Waals surface area contributed by atoms with Gasteiger partial charge in [0.2, 0.25) is 0 Å². The van der Waals surface area contributed by atoms with Gasteiger partial charge in [-0.1, -0.05) is 15.9 Å². The van der Waals surface area contributed by atoms with Crippen molar-refractivity contribution in [3.05, 3.63) is 46.2 Å². The number of nitrogens with one attached hydrogen (secondary N) is 1. The van der Waals surface area contributed by atoms with Gasteiger partial charge >= 0.3 is 5.97 Å². The lowest BCUT2D eigenvalue weighted by atomic mass is 10.2. The molecule has 128 valence electrons. The minimum absolute atomic E-state index is 0.158. The summed E-state index contributed by atoms with van der Waals surface area (Å²) in [6, 6.07) is 7.71. The third-order valence-corrected chi connectivity index (χ3v) is 4.18. The van der Waals surface area contributed by atoms with Crippen LogP contribution in [0, 0.1) is 6.92 Å². The number of amides is 1. The molecule has 0 atom stereocenters. The Hall–Kier alpha value is -2.15. The van der Waals surface area contributed by atoms with Gasteiger partial charge in [-0.15, -0.1) is 0 Å². The summed E-state index contributed by atoms with van der Waals surface area (Å²) >= 11 is 3.40. The van der Waals surface area contributed by atoms with Crippen LogP contribution in [-0.4, -0.2) is 35.3 Å². The van der Waals surface area contributed by atoms with Crippen LogP contribution in [0.5, 0.6) is 0 Å². The van der Waals surface area contributed by atoms with Gasteiger partial charge in [0.1, 0.15) is 0 Å². The number of hydrogen-bond donors (Lipinski definition) is 1. The molecule has 0 aliphatic carbocycles. The zero-order valence-electron chi connectivity index (χ0n) is 13.7. The molecular formula is C17H20BrN3O3. The Morgan fingerprint density at radius 3 is 2.62 bits per heavy atom. The van der Waals surface area contributed by atoms with Crippen molar-refractivity contribution in [1.29, 1.82) is 0 Å². The highest BCUT2D eigenvalue weighted by atomic mass is 79.9. The van der Waals surface area contributed by atoms with Crippen LogP contribution < -0.4 is 5.32 Å². The molecule has 1 aromatic heterocycles. The van der Waals surface area contributed by atoms with E-state index in [0.29, 0.717) is 24.9 Å². The lowest BCUT2D eigenvalue weighted by Crippen LogP contribution is -2.25. The maximum atomic E-state index is 12.3. The third-order valence-electron chi connectivity index (χ3n) is 3.65. The molecule has 0 radical (unpaired) electrons. The van der Waals surface area contributed by atoms with E-state index in [1.165, 1.54) is 7.11 Å². The number of carbonyl (C=O) groups excluding carboxylic acids is 2. The average Bonchev–Trinajstić information content (AvgIpc) is 2.96. The Bertz CT molecular complexity index is 710. The Morgan fingerprint density at radius 1 is 1.25 bits per heavy atom. The lowest BCUT2D eigenvalue weighted by molar-refractivity contribution is -0.140. The number of aromatic nitrogens is 2. The monoisotopic (exact) mass is 393 g/mol. The van der Waals surface area contributed by atoms with Crippen molar-refractivity contribution in [2.45, 2.75) is 26.2 Å². The Morgan fingerprint density at radius 2 is 1.96 bits per heavy atom. The fourth-order valence-electron chi connectivity index (χ4n) is 2.27. The first-order valence-corrected chi connectivity index (χ1v) is 8.48. The summed E-state index contributed by atoms with van der Waals surface area (Å²) in [7, 11) is 1.37. The summed E-state index contributed by atoms with van der Waals surface area (Å²) in [5.41, 5.74) is 2.23. The van der Waals surface area contributed by atoms with E-state index in [9.17, 15) is 9.59 Å². The van der Waals surface area contributed by atoms with Crippen LogP contribution in [0.15, 0.2) is 34.9 Å². The van der Waals surface area contributed by atoms with E-state index in [1.54, 1.807) is 10.9 Å². The van der Waals surface area contributed by atoms with E-state index < -0.39 is 0 Å². The summed E-state index contributed by atoms with van der Waals surface area (Å²) < 4.78 is 7.30. The predicted octanol–water partition coefficient (Wildman–Crippen LogP) is 3.02. The van der Waals surface area contributed by atoms with Gasteiger partial charge in [0.25, 0.3) is 5.91 Å². The van der Waals surface area contributed by atoms with Crippen molar-refractivity contribution < 1.29 is 14.3 Å². The molecule has 24 heavy (non-hydrogen) atoms. The molecule has 0 saturated carbocycles. The van der Waals surface area contributed by atoms with E-state index >= 15 is 0 Å². The fraction of sp³-hybridized carbons (Fsp3) is 0.353. The number of ether oxygens (including phenoxy) is 1. The van der Waals surface area contributed by atoms with Crippen LogP contribution in [0.1, 0.15) is 35.3 Å². The van der Waals surface area contributed by atoms with Gasteiger partial charge in [-0.3, -0.25) is 9.59 Å². The number of hydrogen-bond acceptors (Lipinski definition) is 4. The minimum Gasteiger partial charge on any atom is -0.469 e. The smallest absolute Gasteiger partial charge is 0.305 e. The Balaban J connectivity index is 1.91. The van der Waals surface area contributed by atoms with Crippen LogP contribution >= 0.6 is 15.9 Å². The standard InChI is InChI=1S/C17H20BrN3O3/c1-12-15(17(23)19-10-4-3-5-16(22)24-2)11-20-21(12)14-8-6-13(18)7-9-14/h6-9,11H,3-5,10H2,1-2H3,(H,19,23). The fourth-order valence-corrected chi connectivity index (χ4v) is 2.53. The molecule has 6 nitrogen and oxygen atoms in total. The van der Waals surface area contributed by atoms with Crippen LogP contribution in [-0.2, 0) is 9.53 Å². The number of nitrogens with zero attached hydrogens (tertiary/aromatic N) is 2. The van der Waals surface area contributed by atoms with Crippen LogP contribution in [0.4, 0.5) is 0 Å². The van der Waals surface area contributed by atoms with Crippen molar-refractivity contribution in [3.63, 3.8) is 0 Å². The van der Waals surface area contributed by atoms with E-state index in [2.05, 4.69) is 31.1 Å². The zero-order valence-corrected chi connectivity index (χ0v) is 15.3. The highest BCUT2D eigenvalue weighted by molar-refractivity contribution is 9.10. The first-order chi connectivity index (χ1) is 11.5. The van der Waals surface area contributed by atoms with Gasteiger partial charge in [-0.2, -0.15) is 5.10 Å². The second kappa shape index (κ2) is 8.63. The van der Waals surface area contributed by atoms with E-state index in [4.69, 9.17) is 0 Å². The number of carbonyl (C=O) groups is 2. The SMILES string of the molecule is COC(=O)CCCCNC(=O)c1cnn(-c2ccc(Br)cc2)c1C. The second-order valence-corrected chi connectivity index (χ2v) is 6.24. The predicted molar refractivity (Wildman–Crippen MR) is 94.2 cm³/mol. The molecule has 7 heteroatoms. The number of unbranched alkanes of at least 4 members (excludes halogenated alkanes) is 1. The number of rotatable bonds is 7. The Labute approximate surface area is 149 Å². The molecule has 2 aromatic rings. The highest BCUT2D eigenvalue weighted by Crippen LogP contribution is 2.17. The van der Waals surface area contributed by atoms with Crippen molar-refractivity contribution in [1.82, 2.24) is 15.1 Å². The normalized spacial score (nSPS) is 10.5. The van der Waals surface area contributed by atoms with Crippen molar-refractivity contribution in [2.24, 2.45) is 0 Å². The van der Waals surface area contributed by atoms with Crippen molar-refractivity contribution in [2.75, 3.05) is 13.7 Å². The summed E-state index contributed by atoms with van der Waals surface area (Å²) in [6.07, 6.45) is 3.35. The molecule has 1 heterocycles. The molecule has 0 unspecified atom stereocenters. The van der Waals surface area contributed by atoms with Crippen molar-refractivity contribution in [3.8, 4) is 5.69 Å². The zero-order chi connectivity index (χ0) is 17.5. The first-order valence-electron chi connectivity index (χ1n) is 7.68. The molecule has 0 aliphatic rings. The van der Waals surface area contributed by atoms with Crippen LogP contribution in [0.2, 0.25) is 0 Å². The second-order valence-electron chi connectivity index (χ2n) is 5.32. The molecule has 0 spiro atoms. The maximum absolute atomic E-state index is 12.3. The molecule has 0 bridgehead atoms. The highest BCUT2D eigenvalue weighted by Gasteiger charge is 2.14. The quantitative estimate of drug-likeness (QED) is 0.579. The minimum atomic E-state index is -0.229. The van der Waals surface area contributed by atoms with Gasteiger partial charge in [0.15, 0.2) is 0 Å². The number of esters is 1. The van der Waals surface area contributed by atoms with E-state index in [-0.39, 0.29) is 11.9 Å². The van der Waals surface area contributed by atoms with Crippen LogP contribution in [0.3, 0.4) is 0 Å². The largest absolute Gasteiger partial charge is 0.469 e. The summed E-state index contributed by atoms with van der Waals surface area (Å²) in [4.78, 5) is 23.3. The third kappa shape index (κ3) is 4.67.